The molecule has 0 radical (unpaired) electrons. The van der Waals surface area contributed by atoms with Crippen molar-refractivity contribution < 1.29 is 14.4 Å². The van der Waals surface area contributed by atoms with E-state index in [1.165, 1.54) is 11.3 Å². The highest BCUT2D eigenvalue weighted by Gasteiger charge is 2.24. The molecule has 1 amide bonds. The van der Waals surface area contributed by atoms with Gasteiger partial charge in [0.05, 0.1) is 18.7 Å². The van der Waals surface area contributed by atoms with Gasteiger partial charge >= 0.3 is 0 Å². The Balaban J connectivity index is 1.61. The van der Waals surface area contributed by atoms with E-state index in [1.54, 1.807) is 24.2 Å². The molecule has 1 N–H and O–H groups in total. The SMILES string of the molecule is C[C@H](c1nccs1)N(C)C(=O)c1cc(CN2CCC(O)CC2)on1. The zero-order valence-electron chi connectivity index (χ0n) is 13.9. The lowest BCUT2D eigenvalue weighted by molar-refractivity contribution is 0.0724. The molecule has 3 rings (SSSR count). The summed E-state index contributed by atoms with van der Waals surface area (Å²) >= 11 is 1.52. The second kappa shape index (κ2) is 7.42. The quantitative estimate of drug-likeness (QED) is 0.887. The lowest BCUT2D eigenvalue weighted by atomic mass is 10.1. The lowest BCUT2D eigenvalue weighted by Crippen LogP contribution is -2.35. The van der Waals surface area contributed by atoms with Crippen LogP contribution in [-0.2, 0) is 6.54 Å². The monoisotopic (exact) mass is 350 g/mol. The van der Waals surface area contributed by atoms with Crippen molar-refractivity contribution in [3.8, 4) is 0 Å². The van der Waals surface area contributed by atoms with Gasteiger partial charge in [-0.2, -0.15) is 0 Å². The lowest BCUT2D eigenvalue weighted by Gasteiger charge is -2.28. The third kappa shape index (κ3) is 3.82. The average molecular weight is 350 g/mol. The molecule has 0 bridgehead atoms. The summed E-state index contributed by atoms with van der Waals surface area (Å²) in [5, 5.41) is 16.3. The Kier molecular flexibility index (Phi) is 5.27. The smallest absolute Gasteiger partial charge is 0.276 e. The maximum atomic E-state index is 12.6. The van der Waals surface area contributed by atoms with Crippen molar-refractivity contribution in [1.82, 2.24) is 19.9 Å². The number of aliphatic hydroxyl groups excluding tert-OH is 1. The zero-order valence-corrected chi connectivity index (χ0v) is 14.7. The molecule has 2 aromatic heterocycles. The van der Waals surface area contributed by atoms with E-state index in [-0.39, 0.29) is 18.1 Å². The fourth-order valence-corrected chi connectivity index (χ4v) is 3.49. The maximum absolute atomic E-state index is 12.6. The topological polar surface area (TPSA) is 82.7 Å². The third-order valence-corrected chi connectivity index (χ3v) is 5.37. The average Bonchev–Trinajstić information content (AvgIpc) is 3.26. The molecule has 8 heteroatoms. The normalized spacial score (nSPS) is 17.8. The van der Waals surface area contributed by atoms with Crippen LogP contribution in [0.15, 0.2) is 22.2 Å². The summed E-state index contributed by atoms with van der Waals surface area (Å²) in [5.41, 5.74) is 0.313. The molecule has 0 aliphatic carbocycles. The molecule has 1 atom stereocenters. The Bertz CT molecular complexity index is 665. The number of piperidine rings is 1. The Morgan fingerprint density at radius 1 is 1.54 bits per heavy atom. The van der Waals surface area contributed by atoms with Crippen LogP contribution in [0.3, 0.4) is 0 Å². The van der Waals surface area contributed by atoms with E-state index in [2.05, 4.69) is 15.0 Å². The number of thiazole rings is 1. The van der Waals surface area contributed by atoms with Crippen LogP contribution in [0.1, 0.15) is 47.1 Å². The fourth-order valence-electron chi connectivity index (χ4n) is 2.75. The first-order chi connectivity index (χ1) is 11.5. The number of rotatable bonds is 5. The fraction of sp³-hybridized carbons (Fsp3) is 0.562. The summed E-state index contributed by atoms with van der Waals surface area (Å²) < 4.78 is 5.32. The largest absolute Gasteiger partial charge is 0.393 e. The highest BCUT2D eigenvalue weighted by Crippen LogP contribution is 2.22. The molecule has 1 aliphatic rings. The number of amides is 1. The Labute approximate surface area is 144 Å². The van der Waals surface area contributed by atoms with Crippen LogP contribution in [0.4, 0.5) is 0 Å². The molecule has 0 unspecified atom stereocenters. The van der Waals surface area contributed by atoms with Gasteiger partial charge in [-0.15, -0.1) is 11.3 Å². The van der Waals surface area contributed by atoms with Gasteiger partial charge in [-0.05, 0) is 19.8 Å². The second-order valence-corrected chi connectivity index (χ2v) is 7.07. The van der Waals surface area contributed by atoms with Gasteiger partial charge < -0.3 is 14.5 Å². The molecule has 0 spiro atoms. The number of carbonyl (C=O) groups excluding carboxylic acids is 1. The van der Waals surface area contributed by atoms with Crippen LogP contribution in [0.25, 0.3) is 0 Å². The molecule has 130 valence electrons. The van der Waals surface area contributed by atoms with Gasteiger partial charge in [0.1, 0.15) is 5.01 Å². The van der Waals surface area contributed by atoms with E-state index in [1.807, 2.05) is 12.3 Å². The Morgan fingerprint density at radius 3 is 2.96 bits per heavy atom. The molecule has 0 saturated carbocycles. The van der Waals surface area contributed by atoms with Gasteiger partial charge in [0, 0.05) is 37.8 Å². The summed E-state index contributed by atoms with van der Waals surface area (Å²) in [6.45, 7) is 4.20. The van der Waals surface area contributed by atoms with Crippen LogP contribution in [0.5, 0.6) is 0 Å². The van der Waals surface area contributed by atoms with E-state index < -0.39 is 0 Å². The number of aliphatic hydroxyl groups is 1. The van der Waals surface area contributed by atoms with Crippen LogP contribution < -0.4 is 0 Å². The standard InChI is InChI=1S/C16H22N4O3S/c1-11(15-17-5-8-24-15)19(2)16(22)14-9-13(23-18-14)10-20-6-3-12(21)4-7-20/h5,8-9,11-12,21H,3-4,6-7,10H2,1-2H3/t11-/m1/s1. The number of hydrogen-bond donors (Lipinski definition) is 1. The van der Waals surface area contributed by atoms with Gasteiger partial charge in [-0.25, -0.2) is 4.98 Å². The highest BCUT2D eigenvalue weighted by atomic mass is 32.1. The molecule has 1 saturated heterocycles. The van der Waals surface area contributed by atoms with Crippen molar-refractivity contribution in [2.24, 2.45) is 0 Å². The van der Waals surface area contributed by atoms with Gasteiger partial charge in [-0.1, -0.05) is 5.16 Å². The summed E-state index contributed by atoms with van der Waals surface area (Å²) in [4.78, 5) is 20.6. The number of hydrogen-bond acceptors (Lipinski definition) is 7. The number of aromatic nitrogens is 2. The summed E-state index contributed by atoms with van der Waals surface area (Å²) in [6, 6.07) is 1.60. The molecule has 0 aromatic carbocycles. The third-order valence-electron chi connectivity index (χ3n) is 4.42. The number of carbonyl (C=O) groups is 1. The summed E-state index contributed by atoms with van der Waals surface area (Å²) in [5.74, 6) is 0.492. The molecule has 24 heavy (non-hydrogen) atoms. The predicted molar refractivity (Wildman–Crippen MR) is 89.6 cm³/mol. The van der Waals surface area contributed by atoms with Crippen molar-refractivity contribution in [2.75, 3.05) is 20.1 Å². The first-order valence-corrected chi connectivity index (χ1v) is 8.95. The predicted octanol–water partition coefficient (Wildman–Crippen LogP) is 1.92. The van der Waals surface area contributed by atoms with Gasteiger partial charge in [0.25, 0.3) is 5.91 Å². The Morgan fingerprint density at radius 2 is 2.29 bits per heavy atom. The van der Waals surface area contributed by atoms with Crippen molar-refractivity contribution in [2.45, 2.75) is 38.5 Å². The Hall–Kier alpha value is -1.77. The van der Waals surface area contributed by atoms with Crippen molar-refractivity contribution >= 4 is 17.2 Å². The summed E-state index contributed by atoms with van der Waals surface area (Å²) in [7, 11) is 1.74. The minimum atomic E-state index is -0.200. The van der Waals surface area contributed by atoms with Gasteiger partial charge in [-0.3, -0.25) is 9.69 Å². The first kappa shape index (κ1) is 17.1. The first-order valence-electron chi connectivity index (χ1n) is 8.07. The molecular weight excluding hydrogens is 328 g/mol. The molecule has 1 aliphatic heterocycles. The van der Waals surface area contributed by atoms with E-state index in [4.69, 9.17) is 4.52 Å². The highest BCUT2D eigenvalue weighted by molar-refractivity contribution is 7.09. The van der Waals surface area contributed by atoms with Crippen molar-refractivity contribution in [3.63, 3.8) is 0 Å². The van der Waals surface area contributed by atoms with Crippen LogP contribution >= 0.6 is 11.3 Å². The molecule has 2 aromatic rings. The van der Waals surface area contributed by atoms with Gasteiger partial charge in [0.2, 0.25) is 0 Å². The molecular formula is C16H22N4O3S. The van der Waals surface area contributed by atoms with Crippen molar-refractivity contribution in [1.29, 1.82) is 0 Å². The van der Waals surface area contributed by atoms with E-state index >= 15 is 0 Å². The molecule has 1 fully saturated rings. The van der Waals surface area contributed by atoms with E-state index in [9.17, 15) is 9.90 Å². The minimum Gasteiger partial charge on any atom is -0.393 e. The minimum absolute atomic E-state index is 0.110. The molecule has 3 heterocycles. The number of nitrogens with zero attached hydrogens (tertiary/aromatic N) is 4. The second-order valence-electron chi connectivity index (χ2n) is 6.15. The van der Waals surface area contributed by atoms with Crippen molar-refractivity contribution in [3.05, 3.63) is 34.1 Å². The zero-order chi connectivity index (χ0) is 17.1. The van der Waals surface area contributed by atoms with Gasteiger partial charge in [0.15, 0.2) is 11.5 Å². The van der Waals surface area contributed by atoms with Crippen LogP contribution in [-0.4, -0.2) is 57.2 Å². The maximum Gasteiger partial charge on any atom is 0.276 e. The van der Waals surface area contributed by atoms with E-state index in [0.717, 1.165) is 30.9 Å². The summed E-state index contributed by atoms with van der Waals surface area (Å²) in [6.07, 6.45) is 3.08. The number of likely N-dealkylation sites (tertiary alicyclic amines) is 1. The molecule has 7 nitrogen and oxygen atoms in total. The van der Waals surface area contributed by atoms with E-state index in [0.29, 0.717) is 18.0 Å². The van der Waals surface area contributed by atoms with Crippen LogP contribution in [0, 0.1) is 0 Å². The van der Waals surface area contributed by atoms with Crippen LogP contribution in [0.2, 0.25) is 0 Å².